The minimum atomic E-state index is 0.143. The fraction of sp³-hybridized carbons (Fsp3) is 0.286. The van der Waals surface area contributed by atoms with Crippen molar-refractivity contribution in [3.8, 4) is 11.3 Å². The Labute approximate surface area is 172 Å². The number of aromatic nitrogens is 3. The van der Waals surface area contributed by atoms with Crippen LogP contribution in [0.4, 0.5) is 5.82 Å². The van der Waals surface area contributed by atoms with Gasteiger partial charge in [0.05, 0.1) is 18.9 Å². The maximum Gasteiger partial charge on any atom is 0.263 e. The smallest absolute Gasteiger partial charge is 0.263 e. The maximum atomic E-state index is 6.19. The summed E-state index contributed by atoms with van der Waals surface area (Å²) in [4.78, 5) is 11.0. The molecule has 1 aliphatic rings. The van der Waals surface area contributed by atoms with Crippen molar-refractivity contribution in [1.82, 2.24) is 15.1 Å². The van der Waals surface area contributed by atoms with E-state index in [0.717, 1.165) is 42.0 Å². The Balaban J connectivity index is 1.60. The lowest BCUT2D eigenvalue weighted by Crippen LogP contribution is -2.32. The van der Waals surface area contributed by atoms with Crippen LogP contribution < -0.4 is 4.90 Å². The zero-order chi connectivity index (χ0) is 19.6. The van der Waals surface area contributed by atoms with E-state index in [1.54, 1.807) is 6.26 Å². The highest BCUT2D eigenvalue weighted by Crippen LogP contribution is 2.35. The summed E-state index contributed by atoms with van der Waals surface area (Å²) in [5, 5.41) is 5.64. The molecule has 4 heterocycles. The van der Waals surface area contributed by atoms with E-state index < -0.39 is 0 Å². The van der Waals surface area contributed by atoms with Gasteiger partial charge in [0.25, 0.3) is 5.71 Å². The molecule has 0 radical (unpaired) electrons. The summed E-state index contributed by atoms with van der Waals surface area (Å²) in [6.45, 7) is 2.03. The lowest BCUT2D eigenvalue weighted by atomic mass is 10.1. The normalized spacial score (nSPS) is 16.5. The molecule has 8 heteroatoms. The fourth-order valence-electron chi connectivity index (χ4n) is 3.69. The second-order valence-corrected chi connectivity index (χ2v) is 7.45. The molecule has 0 bridgehead atoms. The predicted molar refractivity (Wildman–Crippen MR) is 109 cm³/mol. The van der Waals surface area contributed by atoms with Crippen LogP contribution in [0.25, 0.3) is 22.4 Å². The van der Waals surface area contributed by atoms with E-state index in [-0.39, 0.29) is 6.10 Å². The van der Waals surface area contributed by atoms with Gasteiger partial charge in [-0.3, -0.25) is 0 Å². The van der Waals surface area contributed by atoms with E-state index in [2.05, 4.69) is 20.0 Å². The van der Waals surface area contributed by atoms with Gasteiger partial charge in [-0.25, -0.2) is 4.98 Å². The molecule has 29 heavy (non-hydrogen) atoms. The summed E-state index contributed by atoms with van der Waals surface area (Å²) >= 11 is 6.19. The van der Waals surface area contributed by atoms with Gasteiger partial charge in [-0.2, -0.15) is 4.98 Å². The van der Waals surface area contributed by atoms with Crippen molar-refractivity contribution in [2.45, 2.75) is 25.5 Å². The molecule has 0 saturated carbocycles. The van der Waals surface area contributed by atoms with Crippen molar-refractivity contribution in [2.75, 3.05) is 18.1 Å². The third-order valence-electron chi connectivity index (χ3n) is 5.03. The number of rotatable bonds is 6. The Bertz CT molecular complexity index is 1110. The monoisotopic (exact) mass is 410 g/mol. The van der Waals surface area contributed by atoms with Crippen molar-refractivity contribution in [3.63, 3.8) is 0 Å². The highest BCUT2D eigenvalue weighted by Gasteiger charge is 2.25. The molecular weight excluding hydrogens is 392 g/mol. The topological polar surface area (TPSA) is 77.4 Å². The second-order valence-electron chi connectivity index (χ2n) is 7.01. The van der Waals surface area contributed by atoms with Crippen molar-refractivity contribution < 1.29 is 13.7 Å². The van der Waals surface area contributed by atoms with Gasteiger partial charge in [0.2, 0.25) is 0 Å². The van der Waals surface area contributed by atoms with Gasteiger partial charge in [0.15, 0.2) is 0 Å². The first-order valence-electron chi connectivity index (χ1n) is 9.53. The Morgan fingerprint density at radius 2 is 2.14 bits per heavy atom. The van der Waals surface area contributed by atoms with E-state index in [1.807, 2.05) is 36.4 Å². The molecule has 1 aliphatic heterocycles. The third-order valence-corrected chi connectivity index (χ3v) is 5.26. The van der Waals surface area contributed by atoms with Crippen molar-refractivity contribution in [1.29, 1.82) is 0 Å². The van der Waals surface area contributed by atoms with Crippen LogP contribution in [0.3, 0.4) is 0 Å². The Hall–Kier alpha value is -2.90. The highest BCUT2D eigenvalue weighted by molar-refractivity contribution is 6.30. The number of fused-ring (bicyclic) bond motifs is 1. The van der Waals surface area contributed by atoms with Crippen molar-refractivity contribution >= 4 is 28.5 Å². The zero-order valence-electron chi connectivity index (χ0n) is 15.6. The summed E-state index contributed by atoms with van der Waals surface area (Å²) < 4.78 is 17.0. The number of benzene rings is 1. The van der Waals surface area contributed by atoms with Crippen molar-refractivity contribution in [2.24, 2.45) is 0 Å². The molecule has 1 fully saturated rings. The van der Waals surface area contributed by atoms with E-state index in [1.165, 1.54) is 6.33 Å². The SMILES string of the molecule is Clc1cccc(-c2noc3ncnc(N(Cc4ccco4)C[C@H]4CCCO4)c23)c1. The number of halogens is 1. The standard InChI is InChI=1S/C21H19ClN4O3/c22-15-5-1-4-14(10-15)19-18-20(23-13-24-21(18)29-25-19)26(11-16-6-2-8-27-16)12-17-7-3-9-28-17/h1-2,4-6,8,10,13,17H,3,7,9,11-12H2/t17-/m1/s1. The summed E-state index contributed by atoms with van der Waals surface area (Å²) in [6.07, 6.45) is 5.40. The molecule has 3 aromatic heterocycles. The van der Waals surface area contributed by atoms with Crippen LogP contribution in [-0.4, -0.2) is 34.4 Å². The van der Waals surface area contributed by atoms with Crippen LogP contribution in [0.5, 0.6) is 0 Å². The molecule has 5 rings (SSSR count). The molecular formula is C21H19ClN4O3. The molecule has 148 valence electrons. The Kier molecular flexibility index (Phi) is 4.91. The lowest BCUT2D eigenvalue weighted by molar-refractivity contribution is 0.115. The summed E-state index contributed by atoms with van der Waals surface area (Å²) in [5.41, 5.74) is 1.94. The summed E-state index contributed by atoms with van der Waals surface area (Å²) in [6, 6.07) is 11.3. The molecule has 4 aromatic rings. The Morgan fingerprint density at radius 1 is 1.17 bits per heavy atom. The molecule has 1 aromatic carbocycles. The molecule has 0 N–H and O–H groups in total. The van der Waals surface area contributed by atoms with E-state index in [4.69, 9.17) is 25.3 Å². The second kappa shape index (κ2) is 7.85. The first-order valence-corrected chi connectivity index (χ1v) is 9.91. The van der Waals surface area contributed by atoms with E-state index in [0.29, 0.717) is 29.5 Å². The fourth-order valence-corrected chi connectivity index (χ4v) is 3.89. The first-order chi connectivity index (χ1) is 14.3. The number of ether oxygens (including phenoxy) is 1. The number of hydrogen-bond acceptors (Lipinski definition) is 7. The third kappa shape index (κ3) is 3.71. The minimum absolute atomic E-state index is 0.143. The average Bonchev–Trinajstić information content (AvgIpc) is 3.49. The maximum absolute atomic E-state index is 6.19. The number of hydrogen-bond donors (Lipinski definition) is 0. The van der Waals surface area contributed by atoms with Gasteiger partial charge in [-0.15, -0.1) is 0 Å². The summed E-state index contributed by atoms with van der Waals surface area (Å²) in [7, 11) is 0. The van der Waals surface area contributed by atoms with Gasteiger partial charge in [-0.1, -0.05) is 28.9 Å². The van der Waals surface area contributed by atoms with Gasteiger partial charge in [0.1, 0.15) is 29.0 Å². The zero-order valence-corrected chi connectivity index (χ0v) is 16.4. The molecule has 1 saturated heterocycles. The molecule has 1 atom stereocenters. The van der Waals surface area contributed by atoms with E-state index in [9.17, 15) is 0 Å². The quantitative estimate of drug-likeness (QED) is 0.455. The Morgan fingerprint density at radius 3 is 2.93 bits per heavy atom. The molecule has 0 aliphatic carbocycles. The number of anilines is 1. The highest BCUT2D eigenvalue weighted by atomic mass is 35.5. The van der Waals surface area contributed by atoms with Crippen LogP contribution in [0, 0.1) is 0 Å². The molecule has 0 unspecified atom stereocenters. The molecule has 7 nitrogen and oxygen atoms in total. The van der Waals surface area contributed by atoms with Gasteiger partial charge < -0.3 is 18.6 Å². The molecule has 0 amide bonds. The average molecular weight is 411 g/mol. The van der Waals surface area contributed by atoms with Crippen LogP contribution >= 0.6 is 11.6 Å². The van der Waals surface area contributed by atoms with Crippen LogP contribution in [0.15, 0.2) is 57.9 Å². The van der Waals surface area contributed by atoms with Gasteiger partial charge in [-0.05, 0) is 37.1 Å². The van der Waals surface area contributed by atoms with Crippen LogP contribution in [-0.2, 0) is 11.3 Å². The lowest BCUT2D eigenvalue weighted by Gasteiger charge is -2.26. The first kappa shape index (κ1) is 18.1. The van der Waals surface area contributed by atoms with E-state index >= 15 is 0 Å². The summed E-state index contributed by atoms with van der Waals surface area (Å²) in [5.74, 6) is 1.58. The van der Waals surface area contributed by atoms with Crippen LogP contribution in [0.2, 0.25) is 5.02 Å². The predicted octanol–water partition coefficient (Wildman–Crippen LogP) is 4.72. The molecule has 0 spiro atoms. The number of furan rings is 1. The van der Waals surface area contributed by atoms with Crippen molar-refractivity contribution in [3.05, 3.63) is 59.8 Å². The van der Waals surface area contributed by atoms with Gasteiger partial charge >= 0.3 is 0 Å². The minimum Gasteiger partial charge on any atom is -0.467 e. The van der Waals surface area contributed by atoms with Crippen LogP contribution in [0.1, 0.15) is 18.6 Å². The largest absolute Gasteiger partial charge is 0.467 e. The van der Waals surface area contributed by atoms with Gasteiger partial charge in [0, 0.05) is 23.7 Å². The number of nitrogens with zero attached hydrogens (tertiary/aromatic N) is 4.